The third-order valence-electron chi connectivity index (χ3n) is 5.97. The van der Waals surface area contributed by atoms with Crippen molar-refractivity contribution in [2.75, 3.05) is 19.7 Å². The van der Waals surface area contributed by atoms with E-state index in [-0.39, 0.29) is 37.1 Å². The lowest BCUT2D eigenvalue weighted by molar-refractivity contribution is -0.172. The van der Waals surface area contributed by atoms with Crippen molar-refractivity contribution in [3.8, 4) is 0 Å². The van der Waals surface area contributed by atoms with Gasteiger partial charge in [-0.2, -0.15) is 0 Å². The molecule has 3 saturated heterocycles. The normalized spacial score (nSPS) is 42.9. The molecular weight excluding hydrogens is 310 g/mol. The molecule has 0 aliphatic carbocycles. The van der Waals surface area contributed by atoms with Crippen molar-refractivity contribution >= 4 is 11.9 Å². The van der Waals surface area contributed by atoms with Gasteiger partial charge in [-0.15, -0.1) is 0 Å². The maximum absolute atomic E-state index is 12.6. The Kier molecular flexibility index (Phi) is 4.71. The van der Waals surface area contributed by atoms with E-state index in [2.05, 4.69) is 4.90 Å². The minimum absolute atomic E-state index is 0.113. The molecule has 3 heterocycles. The van der Waals surface area contributed by atoms with Crippen LogP contribution in [0.15, 0.2) is 11.6 Å². The summed E-state index contributed by atoms with van der Waals surface area (Å²) in [6.07, 6.45) is 3.59. The van der Waals surface area contributed by atoms with Crippen molar-refractivity contribution in [2.45, 2.75) is 57.8 Å². The van der Waals surface area contributed by atoms with E-state index in [9.17, 15) is 14.7 Å². The van der Waals surface area contributed by atoms with Crippen molar-refractivity contribution in [2.24, 2.45) is 11.8 Å². The average molecular weight is 337 g/mol. The third-order valence-corrected chi connectivity index (χ3v) is 5.97. The molecule has 3 aliphatic rings. The molecule has 0 radical (unpaired) electrons. The summed E-state index contributed by atoms with van der Waals surface area (Å²) in [6.45, 7) is 7.11. The zero-order valence-corrected chi connectivity index (χ0v) is 14.7. The highest BCUT2D eigenvalue weighted by Crippen LogP contribution is 2.36. The summed E-state index contributed by atoms with van der Waals surface area (Å²) in [5.41, 5.74) is -1.12. The molecule has 1 N–H and O–H groups in total. The van der Waals surface area contributed by atoms with Gasteiger partial charge in [0.15, 0.2) is 5.60 Å². The number of carbonyl (C=O) groups excluding carboxylic acids is 2. The van der Waals surface area contributed by atoms with Crippen molar-refractivity contribution < 1.29 is 24.2 Å². The largest absolute Gasteiger partial charge is 0.463 e. The van der Waals surface area contributed by atoms with Crippen LogP contribution in [-0.4, -0.2) is 59.4 Å². The van der Waals surface area contributed by atoms with Gasteiger partial charge < -0.3 is 14.6 Å². The number of esters is 2. The van der Waals surface area contributed by atoms with E-state index in [1.54, 1.807) is 19.9 Å². The van der Waals surface area contributed by atoms with Gasteiger partial charge >= 0.3 is 11.9 Å². The fourth-order valence-corrected chi connectivity index (χ4v) is 4.11. The zero-order chi connectivity index (χ0) is 17.5. The van der Waals surface area contributed by atoms with E-state index >= 15 is 0 Å². The highest BCUT2D eigenvalue weighted by Gasteiger charge is 2.48. The number of ether oxygens (including phenoxy) is 2. The summed E-state index contributed by atoms with van der Waals surface area (Å²) in [5.74, 6) is -1.23. The SMILES string of the molecule is C/C=C1\CC(C)C(C)(O)C(=O)OCC2CCN3CCC(OC1=O)[C@@H]23. The first-order chi connectivity index (χ1) is 11.3. The van der Waals surface area contributed by atoms with Gasteiger partial charge in [0.25, 0.3) is 0 Å². The van der Waals surface area contributed by atoms with Crippen molar-refractivity contribution in [1.82, 2.24) is 4.90 Å². The Hall–Kier alpha value is -1.40. The molecule has 0 aromatic rings. The van der Waals surface area contributed by atoms with Crippen LogP contribution >= 0.6 is 0 Å². The molecule has 3 fully saturated rings. The quantitative estimate of drug-likeness (QED) is 0.530. The molecule has 24 heavy (non-hydrogen) atoms. The lowest BCUT2D eigenvalue weighted by Crippen LogP contribution is -2.46. The van der Waals surface area contributed by atoms with Crippen LogP contribution < -0.4 is 0 Å². The van der Waals surface area contributed by atoms with Crippen molar-refractivity contribution in [3.63, 3.8) is 0 Å². The van der Waals surface area contributed by atoms with Crippen molar-refractivity contribution in [1.29, 1.82) is 0 Å². The van der Waals surface area contributed by atoms with E-state index in [1.165, 1.54) is 6.92 Å². The van der Waals surface area contributed by atoms with Crippen LogP contribution in [0.2, 0.25) is 0 Å². The van der Waals surface area contributed by atoms with E-state index in [1.807, 2.05) is 0 Å². The Balaban J connectivity index is 1.89. The Bertz CT molecular complexity index is 556. The standard InChI is InChI=1S/C18H27NO5/c1-4-12-9-11(2)18(3,22)17(21)23-10-13-5-7-19-8-6-14(15(13)19)24-16(12)20/h4,11,13-15,22H,5-10H2,1-3H3/b12-4+/t11?,13?,14?,15-,18?/m1/s1. The summed E-state index contributed by atoms with van der Waals surface area (Å²) in [5, 5.41) is 10.6. The number of hydrogen-bond acceptors (Lipinski definition) is 6. The highest BCUT2D eigenvalue weighted by molar-refractivity contribution is 5.89. The summed E-state index contributed by atoms with van der Waals surface area (Å²) < 4.78 is 11.3. The van der Waals surface area contributed by atoms with Crippen molar-refractivity contribution in [3.05, 3.63) is 11.6 Å². The molecule has 0 spiro atoms. The second kappa shape index (κ2) is 6.48. The summed E-state index contributed by atoms with van der Waals surface area (Å²) in [6, 6.07) is 0.113. The molecule has 6 nitrogen and oxygen atoms in total. The predicted octanol–water partition coefficient (Wildman–Crippen LogP) is 1.27. The number of hydrogen-bond donors (Lipinski definition) is 1. The molecule has 3 rings (SSSR count). The highest BCUT2D eigenvalue weighted by atomic mass is 16.6. The lowest BCUT2D eigenvalue weighted by Gasteiger charge is -2.32. The number of carbonyl (C=O) groups is 2. The minimum Gasteiger partial charge on any atom is -0.463 e. The van der Waals surface area contributed by atoms with Crippen LogP contribution in [0.25, 0.3) is 0 Å². The molecule has 3 aliphatic heterocycles. The molecule has 0 aromatic heterocycles. The Morgan fingerprint density at radius 2 is 2.00 bits per heavy atom. The fourth-order valence-electron chi connectivity index (χ4n) is 4.11. The van der Waals surface area contributed by atoms with Gasteiger partial charge in [-0.05, 0) is 45.6 Å². The molecule has 0 saturated carbocycles. The molecule has 134 valence electrons. The van der Waals surface area contributed by atoms with E-state index < -0.39 is 17.5 Å². The third kappa shape index (κ3) is 2.97. The number of cyclic esters (lactones) is 1. The molecule has 0 bridgehead atoms. The zero-order valence-electron chi connectivity index (χ0n) is 14.7. The molecule has 4 unspecified atom stereocenters. The minimum atomic E-state index is -1.62. The Morgan fingerprint density at radius 1 is 1.29 bits per heavy atom. The first kappa shape index (κ1) is 17.4. The Labute approximate surface area is 142 Å². The van der Waals surface area contributed by atoms with Crippen LogP contribution in [0.4, 0.5) is 0 Å². The fraction of sp³-hybridized carbons (Fsp3) is 0.778. The summed E-state index contributed by atoms with van der Waals surface area (Å²) in [7, 11) is 0. The second-order valence-corrected chi connectivity index (χ2v) is 7.47. The Morgan fingerprint density at radius 3 is 2.71 bits per heavy atom. The monoisotopic (exact) mass is 337 g/mol. The molecule has 0 amide bonds. The summed E-state index contributed by atoms with van der Waals surface area (Å²) >= 11 is 0. The van der Waals surface area contributed by atoms with Gasteiger partial charge in [0.1, 0.15) is 6.10 Å². The maximum Gasteiger partial charge on any atom is 0.338 e. The number of rotatable bonds is 0. The van der Waals surface area contributed by atoms with Gasteiger partial charge in [-0.1, -0.05) is 13.0 Å². The van der Waals surface area contributed by atoms with E-state index in [4.69, 9.17) is 9.47 Å². The van der Waals surface area contributed by atoms with Gasteiger partial charge in [0, 0.05) is 18.0 Å². The van der Waals surface area contributed by atoms with Crippen LogP contribution in [0.1, 0.15) is 40.0 Å². The van der Waals surface area contributed by atoms with Crippen LogP contribution in [0, 0.1) is 11.8 Å². The molecule has 0 aromatic carbocycles. The first-order valence-electron chi connectivity index (χ1n) is 8.84. The molecular formula is C18H27NO5. The van der Waals surface area contributed by atoms with Crippen LogP contribution in [0.3, 0.4) is 0 Å². The smallest absolute Gasteiger partial charge is 0.338 e. The topological polar surface area (TPSA) is 76.1 Å². The van der Waals surface area contributed by atoms with E-state index in [0.29, 0.717) is 5.57 Å². The number of aliphatic hydroxyl groups is 1. The molecule has 6 heteroatoms. The van der Waals surface area contributed by atoms with Gasteiger partial charge in [0.05, 0.1) is 12.6 Å². The second-order valence-electron chi connectivity index (χ2n) is 7.47. The maximum atomic E-state index is 12.6. The first-order valence-corrected chi connectivity index (χ1v) is 8.84. The average Bonchev–Trinajstić information content (AvgIpc) is 3.12. The van der Waals surface area contributed by atoms with Crippen LogP contribution in [0.5, 0.6) is 0 Å². The molecule has 5 atom stereocenters. The number of nitrogens with zero attached hydrogens (tertiary/aromatic N) is 1. The van der Waals surface area contributed by atoms with E-state index in [0.717, 1.165) is 25.9 Å². The number of allylic oxidation sites excluding steroid dienone is 1. The van der Waals surface area contributed by atoms with Gasteiger partial charge in [0.2, 0.25) is 0 Å². The van der Waals surface area contributed by atoms with Gasteiger partial charge in [-0.25, -0.2) is 9.59 Å². The van der Waals surface area contributed by atoms with Crippen LogP contribution in [-0.2, 0) is 19.1 Å². The van der Waals surface area contributed by atoms with Gasteiger partial charge in [-0.3, -0.25) is 4.90 Å². The lowest BCUT2D eigenvalue weighted by atomic mass is 9.85. The predicted molar refractivity (Wildman–Crippen MR) is 87.1 cm³/mol. The summed E-state index contributed by atoms with van der Waals surface area (Å²) in [4.78, 5) is 27.3.